The van der Waals surface area contributed by atoms with Crippen LogP contribution in [0.15, 0.2) is 78.1 Å². The molecule has 1 aliphatic carbocycles. The fourth-order valence-electron chi connectivity index (χ4n) is 3.81. The van der Waals surface area contributed by atoms with Crippen molar-refractivity contribution in [3.8, 4) is 11.5 Å². The van der Waals surface area contributed by atoms with Gasteiger partial charge in [-0.2, -0.15) is 0 Å². The molecule has 1 atom stereocenters. The summed E-state index contributed by atoms with van der Waals surface area (Å²) in [5.41, 5.74) is 8.38. The fraction of sp³-hybridized carbons (Fsp3) is 0.308. The first-order valence-corrected chi connectivity index (χ1v) is 10.5. The molecule has 0 bridgehead atoms. The molecule has 0 spiro atoms. The van der Waals surface area contributed by atoms with E-state index in [1.165, 1.54) is 0 Å². The van der Waals surface area contributed by atoms with E-state index in [1.807, 2.05) is 36.4 Å². The number of allylic oxidation sites excluding steroid dienone is 8. The van der Waals surface area contributed by atoms with Crippen LogP contribution in [0.25, 0.3) is 0 Å². The molecule has 1 aromatic rings. The van der Waals surface area contributed by atoms with Crippen molar-refractivity contribution in [2.45, 2.75) is 32.1 Å². The van der Waals surface area contributed by atoms with Crippen LogP contribution in [-0.2, 0) is 14.9 Å². The Labute approximate surface area is 190 Å². The Bertz CT molecular complexity index is 1000. The molecule has 0 aliphatic heterocycles. The van der Waals surface area contributed by atoms with Crippen molar-refractivity contribution in [3.05, 3.63) is 83.6 Å². The summed E-state index contributed by atoms with van der Waals surface area (Å²) in [6.07, 6.45) is 12.7. The molecule has 2 rings (SSSR count). The molecule has 0 aromatic heterocycles. The van der Waals surface area contributed by atoms with Gasteiger partial charge in [-0.15, -0.1) is 0 Å². The van der Waals surface area contributed by atoms with E-state index in [2.05, 4.69) is 19.6 Å². The lowest BCUT2D eigenvalue weighted by atomic mass is 9.67. The minimum absolute atomic E-state index is 0.198. The highest BCUT2D eigenvalue weighted by Gasteiger charge is 2.37. The lowest BCUT2D eigenvalue weighted by Crippen LogP contribution is -2.33. The van der Waals surface area contributed by atoms with E-state index in [-0.39, 0.29) is 12.3 Å². The summed E-state index contributed by atoms with van der Waals surface area (Å²) in [6, 6.07) is 5.77. The molecule has 0 fully saturated rings. The summed E-state index contributed by atoms with van der Waals surface area (Å²) in [6.45, 7) is 7.76. The number of ether oxygens (including phenoxy) is 3. The van der Waals surface area contributed by atoms with Crippen molar-refractivity contribution in [1.29, 1.82) is 5.41 Å². The normalized spacial score (nSPS) is 18.6. The van der Waals surface area contributed by atoms with Gasteiger partial charge in [0, 0.05) is 23.1 Å². The highest BCUT2D eigenvalue weighted by molar-refractivity contribution is 6.42. The van der Waals surface area contributed by atoms with Gasteiger partial charge in [-0.3, -0.25) is 5.41 Å². The van der Waals surface area contributed by atoms with Gasteiger partial charge in [-0.25, -0.2) is 4.79 Å². The predicted octanol–water partition coefficient (Wildman–Crippen LogP) is 4.78. The first-order valence-electron chi connectivity index (χ1n) is 10.5. The summed E-state index contributed by atoms with van der Waals surface area (Å²) in [5.74, 6) is 0.542. The van der Waals surface area contributed by atoms with E-state index in [4.69, 9.17) is 25.4 Å². The lowest BCUT2D eigenvalue weighted by molar-refractivity contribution is -0.135. The molecule has 1 unspecified atom stereocenters. The Kier molecular flexibility index (Phi) is 8.64. The SMILES string of the molecule is C=C/C=C\C(=C/CC)C1(c2ccc(OC)c(OC)c2)C=CC(C(=N)C(=O)OCC)=C(N)C1. The molecule has 0 saturated heterocycles. The smallest absolute Gasteiger partial charge is 0.356 e. The third-order valence-electron chi connectivity index (χ3n) is 5.35. The van der Waals surface area contributed by atoms with Crippen molar-refractivity contribution in [1.82, 2.24) is 0 Å². The molecular formula is C26H32N2O4. The molecule has 0 heterocycles. The molecule has 1 aromatic carbocycles. The summed E-state index contributed by atoms with van der Waals surface area (Å²) in [4.78, 5) is 12.1. The van der Waals surface area contributed by atoms with Crippen LogP contribution in [0.2, 0.25) is 0 Å². The quantitative estimate of drug-likeness (QED) is 0.313. The number of esters is 1. The van der Waals surface area contributed by atoms with Crippen molar-refractivity contribution in [2.75, 3.05) is 20.8 Å². The number of nitrogens with two attached hydrogens (primary N) is 1. The summed E-state index contributed by atoms with van der Waals surface area (Å²) >= 11 is 0. The third kappa shape index (κ3) is 5.02. The van der Waals surface area contributed by atoms with E-state index in [0.29, 0.717) is 29.2 Å². The highest BCUT2D eigenvalue weighted by Crippen LogP contribution is 2.45. The second-order valence-corrected chi connectivity index (χ2v) is 7.25. The summed E-state index contributed by atoms with van der Waals surface area (Å²) < 4.78 is 15.9. The Hall–Kier alpha value is -3.54. The number of carbonyl (C=O) groups excluding carboxylic acids is 1. The second kappa shape index (κ2) is 11.2. The molecule has 0 saturated carbocycles. The van der Waals surface area contributed by atoms with Gasteiger partial charge in [-0.1, -0.05) is 56.0 Å². The van der Waals surface area contributed by atoms with Crippen molar-refractivity contribution < 1.29 is 19.0 Å². The molecular weight excluding hydrogens is 404 g/mol. The molecule has 6 nitrogen and oxygen atoms in total. The van der Waals surface area contributed by atoms with Gasteiger partial charge in [0.25, 0.3) is 0 Å². The van der Waals surface area contributed by atoms with E-state index >= 15 is 0 Å². The van der Waals surface area contributed by atoms with Gasteiger partial charge in [0.15, 0.2) is 11.5 Å². The van der Waals surface area contributed by atoms with Gasteiger partial charge in [-0.05, 0) is 36.6 Å². The van der Waals surface area contributed by atoms with Crippen LogP contribution in [-0.4, -0.2) is 32.5 Å². The van der Waals surface area contributed by atoms with Crippen molar-refractivity contribution in [3.63, 3.8) is 0 Å². The van der Waals surface area contributed by atoms with Crippen LogP contribution < -0.4 is 15.2 Å². The number of hydrogen-bond acceptors (Lipinski definition) is 6. The Balaban J connectivity index is 2.68. The van der Waals surface area contributed by atoms with Crippen LogP contribution in [0.1, 0.15) is 32.3 Å². The van der Waals surface area contributed by atoms with E-state index in [9.17, 15) is 4.79 Å². The number of nitrogens with one attached hydrogen (secondary N) is 1. The third-order valence-corrected chi connectivity index (χ3v) is 5.35. The number of carbonyl (C=O) groups is 1. The number of benzene rings is 1. The zero-order valence-electron chi connectivity index (χ0n) is 19.2. The van der Waals surface area contributed by atoms with E-state index in [1.54, 1.807) is 33.3 Å². The molecule has 1 aliphatic rings. The minimum Gasteiger partial charge on any atom is -0.493 e. The Morgan fingerprint density at radius 3 is 2.53 bits per heavy atom. The zero-order chi connectivity index (χ0) is 23.7. The minimum atomic E-state index is -0.690. The number of rotatable bonds is 10. The maximum absolute atomic E-state index is 12.1. The van der Waals surface area contributed by atoms with Gasteiger partial charge in [0.05, 0.1) is 20.8 Å². The fourth-order valence-corrected chi connectivity index (χ4v) is 3.81. The van der Waals surface area contributed by atoms with Gasteiger partial charge < -0.3 is 19.9 Å². The number of methoxy groups -OCH3 is 2. The standard InChI is InChI=1S/C26H32N2O4/c1-6-9-11-18(10-7-2)26(19-12-13-22(30-4)23(16-19)31-5)15-14-20(21(27)17-26)24(28)25(29)32-8-3/h6,9-16,28H,1,7-8,17,27H2,2-5H3/b11-9-,18-10+,28-24?. The van der Waals surface area contributed by atoms with Gasteiger partial charge in [0.2, 0.25) is 0 Å². The molecule has 0 amide bonds. The lowest BCUT2D eigenvalue weighted by Gasteiger charge is -2.37. The van der Waals surface area contributed by atoms with Crippen molar-refractivity contribution in [2.24, 2.45) is 5.73 Å². The maximum atomic E-state index is 12.1. The average Bonchev–Trinajstić information content (AvgIpc) is 2.80. The highest BCUT2D eigenvalue weighted by atomic mass is 16.5. The van der Waals surface area contributed by atoms with Crippen LogP contribution in [0, 0.1) is 5.41 Å². The maximum Gasteiger partial charge on any atom is 0.356 e. The van der Waals surface area contributed by atoms with Gasteiger partial charge >= 0.3 is 5.97 Å². The van der Waals surface area contributed by atoms with Crippen LogP contribution >= 0.6 is 0 Å². The zero-order valence-corrected chi connectivity index (χ0v) is 19.2. The predicted molar refractivity (Wildman–Crippen MR) is 128 cm³/mol. The molecule has 0 radical (unpaired) electrons. The first kappa shape index (κ1) is 24.7. The first-order chi connectivity index (χ1) is 15.4. The second-order valence-electron chi connectivity index (χ2n) is 7.25. The topological polar surface area (TPSA) is 94.6 Å². The molecule has 3 N–H and O–H groups in total. The Morgan fingerprint density at radius 2 is 1.97 bits per heavy atom. The van der Waals surface area contributed by atoms with Crippen LogP contribution in [0.3, 0.4) is 0 Å². The van der Waals surface area contributed by atoms with Crippen molar-refractivity contribution >= 4 is 11.7 Å². The summed E-state index contributed by atoms with van der Waals surface area (Å²) in [7, 11) is 3.19. The largest absolute Gasteiger partial charge is 0.493 e. The molecule has 32 heavy (non-hydrogen) atoms. The Morgan fingerprint density at radius 1 is 1.25 bits per heavy atom. The van der Waals surface area contributed by atoms with Crippen LogP contribution in [0.4, 0.5) is 0 Å². The number of hydrogen-bond donors (Lipinski definition) is 2. The van der Waals surface area contributed by atoms with E-state index in [0.717, 1.165) is 17.6 Å². The molecule has 6 heteroatoms. The monoisotopic (exact) mass is 436 g/mol. The average molecular weight is 437 g/mol. The van der Waals surface area contributed by atoms with Gasteiger partial charge in [0.1, 0.15) is 5.71 Å². The summed E-state index contributed by atoms with van der Waals surface area (Å²) in [5, 5.41) is 8.23. The molecule has 170 valence electrons. The van der Waals surface area contributed by atoms with Crippen LogP contribution in [0.5, 0.6) is 11.5 Å². The van der Waals surface area contributed by atoms with E-state index < -0.39 is 11.4 Å².